The van der Waals surface area contributed by atoms with Crippen LogP contribution in [-0.2, 0) is 20.6 Å². The predicted molar refractivity (Wildman–Crippen MR) is 93.3 cm³/mol. The molecule has 138 valence electrons. The first-order valence-corrected chi connectivity index (χ1v) is 10.3. The van der Waals surface area contributed by atoms with Gasteiger partial charge in [0.15, 0.2) is 0 Å². The number of hydrogen-bond acceptors (Lipinski definition) is 4. The van der Waals surface area contributed by atoms with E-state index in [1.807, 2.05) is 6.92 Å². The molecule has 3 aliphatic rings. The van der Waals surface area contributed by atoms with Crippen LogP contribution < -0.4 is 10.0 Å². The van der Waals surface area contributed by atoms with E-state index in [9.17, 15) is 13.8 Å². The van der Waals surface area contributed by atoms with E-state index in [-0.39, 0.29) is 23.6 Å². The van der Waals surface area contributed by atoms with Crippen molar-refractivity contribution in [2.24, 2.45) is 11.8 Å². The zero-order chi connectivity index (χ0) is 18.0. The summed E-state index contributed by atoms with van der Waals surface area (Å²) in [5.74, 6) is 0.319. The molecule has 4 unspecified atom stereocenters. The maximum Gasteiger partial charge on any atom is 0.243 e. The van der Waals surface area contributed by atoms with Crippen molar-refractivity contribution >= 4 is 22.8 Å². The lowest BCUT2D eigenvalue weighted by Gasteiger charge is -2.21. The van der Waals surface area contributed by atoms with Gasteiger partial charge in [-0.15, -0.1) is 0 Å². The van der Waals surface area contributed by atoms with Crippen LogP contribution in [0.1, 0.15) is 45.4 Å². The van der Waals surface area contributed by atoms with Crippen molar-refractivity contribution < 1.29 is 13.8 Å². The number of nitriles is 1. The molecule has 8 heteroatoms. The molecule has 0 aromatic heterocycles. The Hall–Kier alpha value is -1.46. The molecule has 25 heavy (non-hydrogen) atoms. The van der Waals surface area contributed by atoms with Crippen molar-refractivity contribution in [1.82, 2.24) is 14.9 Å². The van der Waals surface area contributed by atoms with Crippen LogP contribution >= 0.6 is 0 Å². The first-order valence-electron chi connectivity index (χ1n) is 9.11. The summed E-state index contributed by atoms with van der Waals surface area (Å²) in [5.41, 5.74) is 0. The number of carbonyl (C=O) groups is 2. The molecule has 0 bridgehead atoms. The van der Waals surface area contributed by atoms with Crippen LogP contribution in [0, 0.1) is 23.2 Å². The first-order chi connectivity index (χ1) is 12.0. The van der Waals surface area contributed by atoms with Crippen LogP contribution in [0.2, 0.25) is 0 Å². The van der Waals surface area contributed by atoms with Crippen LogP contribution in [0.3, 0.4) is 0 Å². The number of nitrogens with zero attached hydrogens (tertiary/aromatic N) is 2. The maximum atomic E-state index is 12.5. The highest BCUT2D eigenvalue weighted by Gasteiger charge is 2.36. The second-order valence-electron chi connectivity index (χ2n) is 7.60. The Bertz CT molecular complexity index is 597. The van der Waals surface area contributed by atoms with Gasteiger partial charge < -0.3 is 10.2 Å². The average molecular weight is 366 g/mol. The van der Waals surface area contributed by atoms with E-state index < -0.39 is 23.1 Å². The second-order valence-corrected chi connectivity index (χ2v) is 9.09. The Morgan fingerprint density at radius 1 is 1.32 bits per heavy atom. The summed E-state index contributed by atoms with van der Waals surface area (Å²) in [6.45, 7) is 2.46. The third-order valence-corrected chi connectivity index (χ3v) is 6.66. The van der Waals surface area contributed by atoms with Crippen LogP contribution in [0.5, 0.6) is 0 Å². The van der Waals surface area contributed by atoms with Gasteiger partial charge >= 0.3 is 0 Å². The van der Waals surface area contributed by atoms with Gasteiger partial charge in [0.1, 0.15) is 6.04 Å². The van der Waals surface area contributed by atoms with Crippen LogP contribution in [-0.4, -0.2) is 51.3 Å². The lowest BCUT2D eigenvalue weighted by molar-refractivity contribution is -0.133. The van der Waals surface area contributed by atoms with Gasteiger partial charge in [0.05, 0.1) is 29.6 Å². The van der Waals surface area contributed by atoms with Gasteiger partial charge in [0.2, 0.25) is 11.8 Å². The SMILES string of the molecule is CC1CC(C#N)N(C(=O)CNC(=O)C(CC2CC2)NS(=O)C2CC2)C1. The van der Waals surface area contributed by atoms with Crippen LogP contribution in [0.25, 0.3) is 0 Å². The first kappa shape index (κ1) is 18.3. The smallest absolute Gasteiger partial charge is 0.243 e. The van der Waals surface area contributed by atoms with Gasteiger partial charge in [-0.2, -0.15) is 5.26 Å². The van der Waals surface area contributed by atoms with Gasteiger partial charge in [-0.3, -0.25) is 9.59 Å². The molecule has 2 N–H and O–H groups in total. The molecule has 0 radical (unpaired) electrons. The van der Waals surface area contributed by atoms with Crippen molar-refractivity contribution in [2.75, 3.05) is 13.1 Å². The van der Waals surface area contributed by atoms with Crippen molar-refractivity contribution in [1.29, 1.82) is 5.26 Å². The molecular formula is C17H26N4O3S. The summed E-state index contributed by atoms with van der Waals surface area (Å²) in [6, 6.07) is 1.25. The van der Waals surface area contributed by atoms with E-state index in [1.165, 1.54) is 0 Å². The number of rotatable bonds is 8. The molecule has 3 fully saturated rings. The van der Waals surface area contributed by atoms with Gasteiger partial charge in [-0.05, 0) is 37.5 Å². The Morgan fingerprint density at radius 3 is 2.64 bits per heavy atom. The zero-order valence-electron chi connectivity index (χ0n) is 14.6. The molecule has 0 spiro atoms. The minimum atomic E-state index is -1.18. The third-order valence-electron chi connectivity index (χ3n) is 5.06. The Morgan fingerprint density at radius 2 is 2.04 bits per heavy atom. The largest absolute Gasteiger partial charge is 0.346 e. The van der Waals surface area contributed by atoms with E-state index in [0.29, 0.717) is 31.2 Å². The fraction of sp³-hybridized carbons (Fsp3) is 0.824. The number of hydrogen-bond donors (Lipinski definition) is 2. The molecule has 0 aromatic carbocycles. The Kier molecular flexibility index (Phi) is 5.74. The predicted octanol–water partition coefficient (Wildman–Crippen LogP) is 0.448. The molecule has 1 saturated heterocycles. The van der Waals surface area contributed by atoms with E-state index >= 15 is 0 Å². The molecule has 1 aliphatic heterocycles. The molecule has 2 saturated carbocycles. The number of carbonyl (C=O) groups excluding carboxylic acids is 2. The number of nitrogens with one attached hydrogen (secondary N) is 2. The lowest BCUT2D eigenvalue weighted by Crippen LogP contribution is -2.49. The summed E-state index contributed by atoms with van der Waals surface area (Å²) < 4.78 is 15.0. The van der Waals surface area contributed by atoms with Crippen LogP contribution in [0.4, 0.5) is 0 Å². The lowest BCUT2D eigenvalue weighted by atomic mass is 10.1. The fourth-order valence-corrected chi connectivity index (χ4v) is 4.49. The molecule has 4 atom stereocenters. The summed E-state index contributed by atoms with van der Waals surface area (Å²) in [6.07, 6.45) is 5.45. The summed E-state index contributed by atoms with van der Waals surface area (Å²) in [7, 11) is -1.18. The Labute approximate surface area is 151 Å². The topological polar surface area (TPSA) is 102 Å². The highest BCUT2D eigenvalue weighted by molar-refractivity contribution is 7.84. The van der Waals surface area contributed by atoms with Gasteiger partial charge in [0, 0.05) is 11.8 Å². The van der Waals surface area contributed by atoms with Crippen molar-refractivity contribution in [3.8, 4) is 6.07 Å². The number of likely N-dealkylation sites (tertiary alicyclic amines) is 1. The second kappa shape index (κ2) is 7.83. The van der Waals surface area contributed by atoms with E-state index in [1.54, 1.807) is 4.90 Å². The van der Waals surface area contributed by atoms with E-state index in [2.05, 4.69) is 16.1 Å². The quantitative estimate of drug-likeness (QED) is 0.651. The molecule has 2 aliphatic carbocycles. The van der Waals surface area contributed by atoms with E-state index in [0.717, 1.165) is 25.7 Å². The summed E-state index contributed by atoms with van der Waals surface area (Å²) in [4.78, 5) is 26.4. The molecule has 1 heterocycles. The molecule has 0 aromatic rings. The molecule has 7 nitrogen and oxygen atoms in total. The minimum absolute atomic E-state index is 0.108. The highest BCUT2D eigenvalue weighted by atomic mass is 32.2. The van der Waals surface area contributed by atoms with Gasteiger partial charge in [-0.1, -0.05) is 19.8 Å². The fourth-order valence-electron chi connectivity index (χ4n) is 3.25. The molecule has 3 rings (SSSR count). The minimum Gasteiger partial charge on any atom is -0.346 e. The monoisotopic (exact) mass is 366 g/mol. The molecular weight excluding hydrogens is 340 g/mol. The Balaban J connectivity index is 1.50. The summed E-state index contributed by atoms with van der Waals surface area (Å²) in [5, 5.41) is 12.0. The van der Waals surface area contributed by atoms with Crippen molar-refractivity contribution in [2.45, 2.75) is 62.8 Å². The summed E-state index contributed by atoms with van der Waals surface area (Å²) >= 11 is 0. The normalized spacial score (nSPS) is 28.2. The van der Waals surface area contributed by atoms with Crippen molar-refractivity contribution in [3.05, 3.63) is 0 Å². The third kappa shape index (κ3) is 5.02. The van der Waals surface area contributed by atoms with E-state index in [4.69, 9.17) is 5.26 Å². The highest BCUT2D eigenvalue weighted by Crippen LogP contribution is 2.34. The molecule has 2 amide bonds. The maximum absolute atomic E-state index is 12.5. The van der Waals surface area contributed by atoms with Crippen molar-refractivity contribution in [3.63, 3.8) is 0 Å². The standard InChI is InChI=1S/C17H26N4O3S/c1-11-6-13(8-18)21(10-11)16(22)9-19-17(23)15(7-12-2-3-12)20-25(24)14-4-5-14/h11-15,20H,2-7,9-10H2,1H3,(H,19,23). The van der Waals surface area contributed by atoms with Gasteiger partial charge in [-0.25, -0.2) is 8.93 Å². The van der Waals surface area contributed by atoms with Gasteiger partial charge in [0.25, 0.3) is 0 Å². The number of amides is 2. The average Bonchev–Trinajstić information content (AvgIpc) is 3.49. The van der Waals surface area contributed by atoms with Crippen LogP contribution in [0.15, 0.2) is 0 Å². The zero-order valence-corrected chi connectivity index (χ0v) is 15.4.